The maximum Gasteiger partial charge on any atom is 0.243 e. The van der Waals surface area contributed by atoms with Gasteiger partial charge in [0, 0.05) is 20.0 Å². The molecule has 7 nitrogen and oxygen atoms in total. The Morgan fingerprint density at radius 2 is 1.93 bits per heavy atom. The highest BCUT2D eigenvalue weighted by Crippen LogP contribution is 2.27. The molecule has 1 aliphatic heterocycles. The molecular weight excluding hydrogens is 390 g/mol. The minimum absolute atomic E-state index is 0.217. The summed E-state index contributed by atoms with van der Waals surface area (Å²) in [6.07, 6.45) is 5.19. The van der Waals surface area contributed by atoms with Gasteiger partial charge in [-0.25, -0.2) is 8.42 Å². The molecule has 1 N–H and O–H groups in total. The number of nitrogens with zero attached hydrogens (tertiary/aromatic N) is 2. The minimum Gasteiger partial charge on any atom is -0.354 e. The molecule has 156 valence electrons. The number of rotatable bonds is 5. The van der Waals surface area contributed by atoms with E-state index in [0.29, 0.717) is 41.0 Å². The number of sulfonamides is 1. The van der Waals surface area contributed by atoms with E-state index >= 15 is 0 Å². The fraction of sp³-hybridized carbons (Fsp3) is 0.429. The summed E-state index contributed by atoms with van der Waals surface area (Å²) in [5.41, 5.74) is 2.53. The average molecular weight is 418 g/mol. The van der Waals surface area contributed by atoms with Gasteiger partial charge in [0.1, 0.15) is 11.4 Å². The number of piperidine rings is 1. The summed E-state index contributed by atoms with van der Waals surface area (Å²) in [6, 6.07) is 5.34. The number of carbonyl (C=O) groups is 1. The van der Waals surface area contributed by atoms with Crippen LogP contribution in [-0.4, -0.2) is 36.9 Å². The van der Waals surface area contributed by atoms with E-state index in [-0.39, 0.29) is 5.91 Å². The predicted octanol–water partition coefficient (Wildman–Crippen LogP) is 3.84. The van der Waals surface area contributed by atoms with Crippen LogP contribution in [0.4, 0.5) is 5.69 Å². The van der Waals surface area contributed by atoms with Gasteiger partial charge in [0.2, 0.25) is 15.9 Å². The van der Waals surface area contributed by atoms with E-state index in [0.717, 1.165) is 24.0 Å². The molecule has 0 aliphatic carbocycles. The number of amides is 1. The molecule has 1 aromatic heterocycles. The van der Waals surface area contributed by atoms with Crippen LogP contribution in [0.3, 0.4) is 0 Å². The molecule has 2 aromatic rings. The van der Waals surface area contributed by atoms with Gasteiger partial charge in [0.05, 0.1) is 4.90 Å². The minimum atomic E-state index is -3.53. The number of hydrogen-bond acceptors (Lipinski definition) is 5. The van der Waals surface area contributed by atoms with E-state index in [9.17, 15) is 13.2 Å². The summed E-state index contributed by atoms with van der Waals surface area (Å²) in [4.78, 5) is 11.7. The second-order valence-electron chi connectivity index (χ2n) is 7.63. The molecule has 2 heterocycles. The Balaban J connectivity index is 1.88. The Kier molecular flexibility index (Phi) is 6.24. The number of nitrogens with one attached hydrogen (secondary N) is 1. The van der Waals surface area contributed by atoms with Gasteiger partial charge in [-0.2, -0.15) is 4.31 Å². The van der Waals surface area contributed by atoms with Crippen LogP contribution < -0.4 is 5.32 Å². The lowest BCUT2D eigenvalue weighted by atomic mass is 10.0. The van der Waals surface area contributed by atoms with Crippen molar-refractivity contribution in [1.82, 2.24) is 9.46 Å². The number of carbonyl (C=O) groups excluding carboxylic acids is 1. The largest absolute Gasteiger partial charge is 0.354 e. The van der Waals surface area contributed by atoms with Crippen molar-refractivity contribution in [3.8, 4) is 0 Å². The van der Waals surface area contributed by atoms with Crippen molar-refractivity contribution in [2.45, 2.75) is 45.4 Å². The predicted molar refractivity (Wildman–Crippen MR) is 113 cm³/mol. The van der Waals surface area contributed by atoms with Crippen LogP contribution in [0.5, 0.6) is 0 Å². The third-order valence-corrected chi connectivity index (χ3v) is 7.23. The van der Waals surface area contributed by atoms with Crippen molar-refractivity contribution in [3.63, 3.8) is 0 Å². The van der Waals surface area contributed by atoms with Gasteiger partial charge in [-0.15, -0.1) is 0 Å². The molecule has 29 heavy (non-hydrogen) atoms. The maximum absolute atomic E-state index is 13.1. The third-order valence-electron chi connectivity index (χ3n) is 5.19. The lowest BCUT2D eigenvalue weighted by Gasteiger charge is -2.30. The van der Waals surface area contributed by atoms with Crippen molar-refractivity contribution < 1.29 is 17.7 Å². The summed E-state index contributed by atoms with van der Waals surface area (Å²) in [5, 5.41) is 6.58. The van der Waals surface area contributed by atoms with Crippen LogP contribution in [0, 0.1) is 19.8 Å². The molecule has 3 rings (SSSR count). The Morgan fingerprint density at radius 1 is 1.24 bits per heavy atom. The van der Waals surface area contributed by atoms with Crippen LogP contribution in [0.1, 0.15) is 49.3 Å². The summed E-state index contributed by atoms with van der Waals surface area (Å²) in [5.74, 6) is 0.748. The summed E-state index contributed by atoms with van der Waals surface area (Å²) < 4.78 is 33.1. The van der Waals surface area contributed by atoms with Crippen molar-refractivity contribution >= 4 is 33.8 Å². The molecule has 0 saturated carbocycles. The zero-order chi connectivity index (χ0) is 21.2. The van der Waals surface area contributed by atoms with E-state index in [2.05, 4.69) is 17.4 Å². The lowest BCUT2D eigenvalue weighted by Crippen LogP contribution is -2.38. The smallest absolute Gasteiger partial charge is 0.243 e. The zero-order valence-electron chi connectivity index (χ0n) is 17.2. The van der Waals surface area contributed by atoms with Crippen LogP contribution in [0.25, 0.3) is 12.2 Å². The number of anilines is 1. The van der Waals surface area contributed by atoms with Crippen molar-refractivity contribution in [3.05, 3.63) is 40.8 Å². The first-order chi connectivity index (χ1) is 13.7. The first-order valence-corrected chi connectivity index (χ1v) is 11.1. The molecule has 0 spiro atoms. The maximum atomic E-state index is 13.1. The molecule has 1 aliphatic rings. The molecule has 1 amide bonds. The number of aromatic nitrogens is 1. The Hall–Kier alpha value is -2.45. The van der Waals surface area contributed by atoms with Gasteiger partial charge in [-0.1, -0.05) is 30.3 Å². The van der Waals surface area contributed by atoms with Gasteiger partial charge in [0.25, 0.3) is 0 Å². The summed E-state index contributed by atoms with van der Waals surface area (Å²) >= 11 is 0. The molecule has 1 aromatic carbocycles. The molecule has 1 fully saturated rings. The quantitative estimate of drug-likeness (QED) is 0.798. The highest BCUT2D eigenvalue weighted by Gasteiger charge is 2.29. The second kappa shape index (κ2) is 8.51. The fourth-order valence-electron chi connectivity index (χ4n) is 3.36. The van der Waals surface area contributed by atoms with Crippen molar-refractivity contribution in [1.29, 1.82) is 0 Å². The van der Waals surface area contributed by atoms with Gasteiger partial charge >= 0.3 is 0 Å². The standard InChI is InChI=1S/C21H27N3O4S/c1-14-9-11-24(12-10-14)29(26,27)20-13-18(6-5-15(20)2)7-8-19-21(22-17(4)25)16(3)23-28-19/h5-8,13-14H,9-12H2,1-4H3,(H,22,25). The monoisotopic (exact) mass is 417 g/mol. The van der Waals surface area contributed by atoms with E-state index in [4.69, 9.17) is 4.52 Å². The van der Waals surface area contributed by atoms with Gasteiger partial charge in [-0.3, -0.25) is 4.79 Å². The van der Waals surface area contributed by atoms with Crippen LogP contribution in [-0.2, 0) is 14.8 Å². The van der Waals surface area contributed by atoms with Crippen LogP contribution >= 0.6 is 0 Å². The Labute approximate surface area is 171 Å². The lowest BCUT2D eigenvalue weighted by molar-refractivity contribution is -0.114. The highest BCUT2D eigenvalue weighted by atomic mass is 32.2. The van der Waals surface area contributed by atoms with E-state index in [1.807, 2.05) is 13.0 Å². The summed E-state index contributed by atoms with van der Waals surface area (Å²) in [7, 11) is -3.53. The van der Waals surface area contributed by atoms with Crippen LogP contribution in [0.2, 0.25) is 0 Å². The van der Waals surface area contributed by atoms with E-state index in [1.54, 1.807) is 35.5 Å². The topological polar surface area (TPSA) is 92.5 Å². The number of aryl methyl sites for hydroxylation is 2. The normalized spacial score (nSPS) is 16.4. The molecule has 8 heteroatoms. The third kappa shape index (κ3) is 4.76. The molecule has 1 saturated heterocycles. The Morgan fingerprint density at radius 3 is 2.59 bits per heavy atom. The van der Waals surface area contributed by atoms with Gasteiger partial charge in [0.15, 0.2) is 5.76 Å². The molecule has 0 atom stereocenters. The fourth-order valence-corrected chi connectivity index (χ4v) is 5.09. The molecule has 0 radical (unpaired) electrons. The first-order valence-electron chi connectivity index (χ1n) is 9.71. The van der Waals surface area contributed by atoms with Gasteiger partial charge < -0.3 is 9.84 Å². The van der Waals surface area contributed by atoms with Gasteiger partial charge in [-0.05, 0) is 55.9 Å². The first kappa shape index (κ1) is 21.3. The molecule has 0 bridgehead atoms. The zero-order valence-corrected chi connectivity index (χ0v) is 18.0. The average Bonchev–Trinajstić information content (AvgIpc) is 3.00. The summed E-state index contributed by atoms with van der Waals surface area (Å²) in [6.45, 7) is 8.23. The second-order valence-corrected chi connectivity index (χ2v) is 9.54. The highest BCUT2D eigenvalue weighted by molar-refractivity contribution is 7.89. The number of hydrogen-bond donors (Lipinski definition) is 1. The molecule has 0 unspecified atom stereocenters. The van der Waals surface area contributed by atoms with Crippen molar-refractivity contribution in [2.75, 3.05) is 18.4 Å². The van der Waals surface area contributed by atoms with E-state index < -0.39 is 10.0 Å². The number of benzene rings is 1. The SMILES string of the molecule is CC(=O)Nc1c(C)noc1C=Cc1ccc(C)c(S(=O)(=O)N2CCC(C)CC2)c1. The van der Waals surface area contributed by atoms with E-state index in [1.165, 1.54) is 6.92 Å². The molecular formula is C21H27N3O4S. The Bertz CT molecular complexity index is 1030. The van der Waals surface area contributed by atoms with Crippen LogP contribution in [0.15, 0.2) is 27.6 Å². The van der Waals surface area contributed by atoms with Crippen molar-refractivity contribution in [2.24, 2.45) is 5.92 Å².